The molecule has 0 unspecified atom stereocenters. The van der Waals surface area contributed by atoms with E-state index in [1.165, 1.54) is 0 Å². The predicted octanol–water partition coefficient (Wildman–Crippen LogP) is 1.30. The van der Waals surface area contributed by atoms with Gasteiger partial charge in [0.05, 0.1) is 5.39 Å². The van der Waals surface area contributed by atoms with Crippen molar-refractivity contribution >= 4 is 44.1 Å². The molecule has 0 saturated carbocycles. The van der Waals surface area contributed by atoms with Crippen LogP contribution in [0.15, 0.2) is 11.4 Å². The van der Waals surface area contributed by atoms with Crippen molar-refractivity contribution in [3.8, 4) is 0 Å². The molecule has 1 aliphatic rings. The molecule has 0 bridgehead atoms. The summed E-state index contributed by atoms with van der Waals surface area (Å²) in [6.07, 6.45) is 0. The number of rotatable bonds is 2. The highest BCUT2D eigenvalue weighted by Crippen LogP contribution is 2.29. The van der Waals surface area contributed by atoms with E-state index in [1.807, 2.05) is 12.4 Å². The van der Waals surface area contributed by atoms with Gasteiger partial charge in [0.25, 0.3) is 0 Å². The van der Waals surface area contributed by atoms with Gasteiger partial charge in [-0.05, 0) is 11.4 Å². The third-order valence-corrected chi connectivity index (χ3v) is 5.09. The number of nitrogens with zero attached hydrogens (tertiary/aromatic N) is 3. The van der Waals surface area contributed by atoms with Gasteiger partial charge in [-0.3, -0.25) is 4.21 Å². The van der Waals surface area contributed by atoms with Crippen LogP contribution in [0.2, 0.25) is 0 Å². The molecule has 0 amide bonds. The molecular formula is C11H14N4OS2. The van der Waals surface area contributed by atoms with Gasteiger partial charge in [0.1, 0.15) is 10.6 Å². The number of nitrogens with one attached hydrogen (secondary N) is 1. The van der Waals surface area contributed by atoms with Crippen molar-refractivity contribution in [3.05, 3.63) is 11.4 Å². The van der Waals surface area contributed by atoms with E-state index in [1.54, 1.807) is 11.3 Å². The molecule has 3 heterocycles. The normalized spacial score (nSPS) is 17.3. The highest BCUT2D eigenvalue weighted by molar-refractivity contribution is 7.85. The van der Waals surface area contributed by atoms with Crippen LogP contribution < -0.4 is 10.2 Å². The van der Waals surface area contributed by atoms with Crippen LogP contribution in [0.25, 0.3) is 10.2 Å². The van der Waals surface area contributed by atoms with Crippen LogP contribution >= 0.6 is 11.3 Å². The zero-order valence-corrected chi connectivity index (χ0v) is 11.7. The SMILES string of the molecule is CNc1nc(N2CCS(=O)CC2)c2ccsc2n1. The van der Waals surface area contributed by atoms with Crippen molar-refractivity contribution in [2.45, 2.75) is 0 Å². The molecule has 1 fully saturated rings. The van der Waals surface area contributed by atoms with Gasteiger partial charge in [-0.15, -0.1) is 11.3 Å². The fraction of sp³-hybridized carbons (Fsp3) is 0.455. The number of hydrogen-bond acceptors (Lipinski definition) is 6. The monoisotopic (exact) mass is 282 g/mol. The maximum Gasteiger partial charge on any atom is 0.225 e. The van der Waals surface area contributed by atoms with Crippen molar-refractivity contribution in [1.82, 2.24) is 9.97 Å². The Morgan fingerprint density at radius 3 is 2.89 bits per heavy atom. The van der Waals surface area contributed by atoms with E-state index in [9.17, 15) is 4.21 Å². The quantitative estimate of drug-likeness (QED) is 0.900. The van der Waals surface area contributed by atoms with Gasteiger partial charge >= 0.3 is 0 Å². The van der Waals surface area contributed by atoms with Crippen molar-refractivity contribution in [3.63, 3.8) is 0 Å². The van der Waals surface area contributed by atoms with Crippen LogP contribution in [0.1, 0.15) is 0 Å². The molecule has 2 aromatic heterocycles. The second-order valence-electron chi connectivity index (χ2n) is 4.10. The second kappa shape index (κ2) is 4.81. The molecule has 96 valence electrons. The summed E-state index contributed by atoms with van der Waals surface area (Å²) in [6.45, 7) is 1.61. The van der Waals surface area contributed by atoms with Crippen LogP contribution in [-0.4, -0.2) is 45.8 Å². The summed E-state index contributed by atoms with van der Waals surface area (Å²) in [7, 11) is 1.16. The van der Waals surface area contributed by atoms with Crippen molar-refractivity contribution < 1.29 is 4.21 Å². The van der Waals surface area contributed by atoms with E-state index in [4.69, 9.17) is 0 Å². The van der Waals surface area contributed by atoms with Crippen molar-refractivity contribution in [2.24, 2.45) is 0 Å². The Labute approximate surface area is 112 Å². The molecule has 1 N–H and O–H groups in total. The van der Waals surface area contributed by atoms with E-state index in [2.05, 4.69) is 26.3 Å². The lowest BCUT2D eigenvalue weighted by Crippen LogP contribution is -2.38. The Morgan fingerprint density at radius 1 is 1.39 bits per heavy atom. The lowest BCUT2D eigenvalue weighted by molar-refractivity contribution is 0.672. The molecule has 0 atom stereocenters. The lowest BCUT2D eigenvalue weighted by atomic mass is 10.3. The molecule has 7 heteroatoms. The van der Waals surface area contributed by atoms with E-state index in [-0.39, 0.29) is 0 Å². The first-order valence-corrected chi connectivity index (χ1v) is 8.17. The summed E-state index contributed by atoms with van der Waals surface area (Å²) >= 11 is 1.62. The first kappa shape index (κ1) is 11.9. The molecule has 2 aromatic rings. The molecule has 5 nitrogen and oxygen atoms in total. The molecule has 18 heavy (non-hydrogen) atoms. The van der Waals surface area contributed by atoms with Gasteiger partial charge in [0.15, 0.2) is 0 Å². The summed E-state index contributed by atoms with van der Waals surface area (Å²) < 4.78 is 11.4. The minimum Gasteiger partial charge on any atom is -0.357 e. The van der Waals surface area contributed by atoms with E-state index >= 15 is 0 Å². The fourth-order valence-corrected chi connectivity index (χ4v) is 3.85. The minimum absolute atomic E-state index is 0.645. The Hall–Kier alpha value is -1.21. The van der Waals surface area contributed by atoms with Crippen LogP contribution in [0.4, 0.5) is 11.8 Å². The average molecular weight is 282 g/mol. The Morgan fingerprint density at radius 2 is 2.17 bits per heavy atom. The third-order valence-electron chi connectivity index (χ3n) is 3.01. The van der Waals surface area contributed by atoms with Gasteiger partial charge < -0.3 is 10.2 Å². The topological polar surface area (TPSA) is 58.1 Å². The summed E-state index contributed by atoms with van der Waals surface area (Å²) in [5.41, 5.74) is 0. The smallest absolute Gasteiger partial charge is 0.225 e. The number of anilines is 2. The van der Waals surface area contributed by atoms with Gasteiger partial charge in [0, 0.05) is 42.4 Å². The maximum absolute atomic E-state index is 11.4. The van der Waals surface area contributed by atoms with E-state index < -0.39 is 10.8 Å². The predicted molar refractivity (Wildman–Crippen MR) is 77.1 cm³/mol. The first-order chi connectivity index (χ1) is 8.78. The molecule has 0 aromatic carbocycles. The number of fused-ring (bicyclic) bond motifs is 1. The Balaban J connectivity index is 2.03. The maximum atomic E-state index is 11.4. The number of hydrogen-bond donors (Lipinski definition) is 1. The summed E-state index contributed by atoms with van der Waals surface area (Å²) in [5, 5.41) is 6.12. The first-order valence-electron chi connectivity index (χ1n) is 5.81. The average Bonchev–Trinajstić information content (AvgIpc) is 2.86. The van der Waals surface area contributed by atoms with Crippen LogP contribution in [0, 0.1) is 0 Å². The Bertz CT molecular complexity index is 588. The van der Waals surface area contributed by atoms with E-state index in [0.29, 0.717) is 5.95 Å². The molecular weight excluding hydrogens is 268 g/mol. The molecule has 0 spiro atoms. The standard InChI is InChI=1S/C11H14N4OS2/c1-12-11-13-9(8-2-5-17-10(8)14-11)15-3-6-18(16)7-4-15/h2,5H,3-4,6-7H2,1H3,(H,12,13,14). The molecule has 3 rings (SSSR count). The van der Waals surface area contributed by atoms with Crippen LogP contribution in [-0.2, 0) is 10.8 Å². The highest BCUT2D eigenvalue weighted by Gasteiger charge is 2.20. The van der Waals surface area contributed by atoms with Gasteiger partial charge in [0.2, 0.25) is 5.95 Å². The summed E-state index contributed by atoms with van der Waals surface area (Å²) in [5.74, 6) is 3.06. The van der Waals surface area contributed by atoms with Gasteiger partial charge in [-0.25, -0.2) is 4.98 Å². The van der Waals surface area contributed by atoms with Crippen LogP contribution in [0.3, 0.4) is 0 Å². The van der Waals surface area contributed by atoms with Crippen molar-refractivity contribution in [1.29, 1.82) is 0 Å². The minimum atomic E-state index is -0.664. The largest absolute Gasteiger partial charge is 0.357 e. The van der Waals surface area contributed by atoms with Gasteiger partial charge in [-0.2, -0.15) is 4.98 Å². The third kappa shape index (κ3) is 2.08. The highest BCUT2D eigenvalue weighted by atomic mass is 32.2. The zero-order valence-electron chi connectivity index (χ0n) is 10.0. The lowest BCUT2D eigenvalue weighted by Gasteiger charge is -2.28. The number of thiophene rings is 1. The van der Waals surface area contributed by atoms with Crippen LogP contribution in [0.5, 0.6) is 0 Å². The zero-order chi connectivity index (χ0) is 12.5. The molecule has 1 saturated heterocycles. The number of aromatic nitrogens is 2. The Kier molecular flexibility index (Phi) is 3.17. The summed E-state index contributed by atoms with van der Waals surface area (Å²) in [6, 6.07) is 2.06. The molecule has 0 radical (unpaired) electrons. The molecule has 0 aliphatic carbocycles. The second-order valence-corrected chi connectivity index (χ2v) is 6.69. The molecule has 1 aliphatic heterocycles. The van der Waals surface area contributed by atoms with Crippen molar-refractivity contribution in [2.75, 3.05) is 41.9 Å². The van der Waals surface area contributed by atoms with E-state index in [0.717, 1.165) is 40.6 Å². The summed E-state index contributed by atoms with van der Waals surface area (Å²) in [4.78, 5) is 12.2. The van der Waals surface area contributed by atoms with Gasteiger partial charge in [-0.1, -0.05) is 0 Å². The fourth-order valence-electron chi connectivity index (χ4n) is 2.04.